The summed E-state index contributed by atoms with van der Waals surface area (Å²) >= 11 is 1.33. The van der Waals surface area contributed by atoms with Crippen molar-refractivity contribution in [2.24, 2.45) is 0 Å². The van der Waals surface area contributed by atoms with Crippen LogP contribution in [0.3, 0.4) is 0 Å². The van der Waals surface area contributed by atoms with Gasteiger partial charge in [0.1, 0.15) is 5.82 Å². The lowest BCUT2D eigenvalue weighted by Gasteiger charge is -2.01. The van der Waals surface area contributed by atoms with Gasteiger partial charge in [-0.05, 0) is 13.0 Å². The Morgan fingerprint density at radius 1 is 1.38 bits per heavy atom. The summed E-state index contributed by atoms with van der Waals surface area (Å²) in [6.07, 6.45) is 0. The van der Waals surface area contributed by atoms with Crippen molar-refractivity contribution in [2.45, 2.75) is 13.5 Å². The molecule has 0 saturated carbocycles. The summed E-state index contributed by atoms with van der Waals surface area (Å²) in [4.78, 5) is 4.18. The maximum Gasteiger partial charge on any atom is 0.233 e. The molecule has 2 heterocycles. The molecule has 0 aliphatic carbocycles. The van der Waals surface area contributed by atoms with Crippen LogP contribution in [0, 0.1) is 6.92 Å². The minimum absolute atomic E-state index is 0.510. The number of nitrogens with one attached hydrogen (secondary N) is 1. The molecule has 0 atom stereocenters. The van der Waals surface area contributed by atoms with Gasteiger partial charge >= 0.3 is 0 Å². The third kappa shape index (κ3) is 2.63. The molecule has 0 radical (unpaired) electrons. The van der Waals surface area contributed by atoms with E-state index in [0.29, 0.717) is 12.4 Å². The molecule has 0 unspecified atom stereocenters. The van der Waals surface area contributed by atoms with Gasteiger partial charge in [-0.1, -0.05) is 0 Å². The van der Waals surface area contributed by atoms with Crippen molar-refractivity contribution in [1.82, 2.24) is 19.6 Å². The molecule has 16 heavy (non-hydrogen) atoms. The van der Waals surface area contributed by atoms with Gasteiger partial charge in [0.05, 0.1) is 19.3 Å². The molecule has 0 fully saturated rings. The van der Waals surface area contributed by atoms with Crippen molar-refractivity contribution in [3.8, 4) is 5.88 Å². The Hall–Kier alpha value is -1.76. The quantitative estimate of drug-likeness (QED) is 0.863. The van der Waals surface area contributed by atoms with Crippen molar-refractivity contribution in [3.05, 3.63) is 23.7 Å². The minimum Gasteiger partial charge on any atom is -0.480 e. The Balaban J connectivity index is 1.94. The van der Waals surface area contributed by atoms with Gasteiger partial charge in [-0.3, -0.25) is 0 Å². The summed E-state index contributed by atoms with van der Waals surface area (Å²) in [6, 6.07) is 3.63. The first kappa shape index (κ1) is 10.7. The SMILES string of the molecule is COc1ccc(CNc2nc(C)ns2)nn1. The molecule has 0 amide bonds. The molecule has 0 aliphatic rings. The molecular weight excluding hydrogens is 226 g/mol. The van der Waals surface area contributed by atoms with Gasteiger partial charge in [0, 0.05) is 17.6 Å². The van der Waals surface area contributed by atoms with Crippen LogP contribution < -0.4 is 10.1 Å². The van der Waals surface area contributed by atoms with E-state index < -0.39 is 0 Å². The zero-order valence-corrected chi connectivity index (χ0v) is 9.78. The average molecular weight is 237 g/mol. The van der Waals surface area contributed by atoms with Crippen LogP contribution >= 0.6 is 11.5 Å². The van der Waals surface area contributed by atoms with Crippen LogP contribution in [0.15, 0.2) is 12.1 Å². The topological polar surface area (TPSA) is 72.8 Å². The predicted molar refractivity (Wildman–Crippen MR) is 60.6 cm³/mol. The molecule has 0 aliphatic heterocycles. The normalized spacial score (nSPS) is 10.1. The molecule has 2 aromatic rings. The largest absolute Gasteiger partial charge is 0.480 e. The van der Waals surface area contributed by atoms with Crippen LogP contribution in [0.1, 0.15) is 11.5 Å². The Morgan fingerprint density at radius 3 is 2.81 bits per heavy atom. The van der Waals surface area contributed by atoms with E-state index in [-0.39, 0.29) is 0 Å². The Kier molecular flexibility index (Phi) is 3.25. The highest BCUT2D eigenvalue weighted by Crippen LogP contribution is 2.11. The number of aryl methyl sites for hydroxylation is 1. The lowest BCUT2D eigenvalue weighted by Crippen LogP contribution is -2.03. The summed E-state index contributed by atoms with van der Waals surface area (Å²) in [5, 5.41) is 11.8. The predicted octanol–water partition coefficient (Wildman–Crippen LogP) is 1.26. The minimum atomic E-state index is 0.510. The van der Waals surface area contributed by atoms with Crippen molar-refractivity contribution >= 4 is 16.7 Å². The number of methoxy groups -OCH3 is 1. The molecule has 0 saturated heterocycles. The van der Waals surface area contributed by atoms with E-state index in [2.05, 4.69) is 24.9 Å². The van der Waals surface area contributed by atoms with E-state index in [1.807, 2.05) is 13.0 Å². The van der Waals surface area contributed by atoms with Crippen LogP contribution in [0.25, 0.3) is 0 Å². The van der Waals surface area contributed by atoms with E-state index in [0.717, 1.165) is 16.6 Å². The van der Waals surface area contributed by atoms with E-state index in [1.54, 1.807) is 13.2 Å². The van der Waals surface area contributed by atoms with Gasteiger partial charge in [0.2, 0.25) is 11.0 Å². The second-order valence-corrected chi connectivity index (χ2v) is 3.82. The van der Waals surface area contributed by atoms with E-state index in [9.17, 15) is 0 Å². The zero-order valence-electron chi connectivity index (χ0n) is 8.97. The Morgan fingerprint density at radius 2 is 2.25 bits per heavy atom. The number of hydrogen-bond acceptors (Lipinski definition) is 7. The number of rotatable bonds is 4. The van der Waals surface area contributed by atoms with Crippen LogP contribution in [-0.4, -0.2) is 26.7 Å². The zero-order chi connectivity index (χ0) is 11.4. The van der Waals surface area contributed by atoms with Crippen molar-refractivity contribution < 1.29 is 4.74 Å². The Labute approximate surface area is 96.9 Å². The van der Waals surface area contributed by atoms with Gasteiger partial charge in [-0.25, -0.2) is 4.98 Å². The van der Waals surface area contributed by atoms with Gasteiger partial charge in [-0.15, -0.1) is 5.10 Å². The highest BCUT2D eigenvalue weighted by molar-refractivity contribution is 7.09. The molecule has 0 bridgehead atoms. The summed E-state index contributed by atoms with van der Waals surface area (Å²) in [6.45, 7) is 2.43. The average Bonchev–Trinajstić information content (AvgIpc) is 2.73. The summed E-state index contributed by atoms with van der Waals surface area (Å²) in [5.74, 6) is 1.28. The third-order valence-corrected chi connectivity index (χ3v) is 2.62. The van der Waals surface area contributed by atoms with E-state index in [4.69, 9.17) is 4.74 Å². The lowest BCUT2D eigenvalue weighted by molar-refractivity contribution is 0.391. The fourth-order valence-electron chi connectivity index (χ4n) is 1.09. The smallest absolute Gasteiger partial charge is 0.233 e. The molecule has 2 rings (SSSR count). The van der Waals surface area contributed by atoms with Gasteiger partial charge < -0.3 is 10.1 Å². The fourth-order valence-corrected chi connectivity index (χ4v) is 1.65. The maximum absolute atomic E-state index is 4.92. The van der Waals surface area contributed by atoms with Crippen molar-refractivity contribution in [3.63, 3.8) is 0 Å². The molecular formula is C9H11N5OS. The summed E-state index contributed by atoms with van der Waals surface area (Å²) in [7, 11) is 1.56. The fraction of sp³-hybridized carbons (Fsp3) is 0.333. The first-order chi connectivity index (χ1) is 7.78. The summed E-state index contributed by atoms with van der Waals surface area (Å²) < 4.78 is 8.99. The number of hydrogen-bond donors (Lipinski definition) is 1. The Bertz CT molecular complexity index is 455. The van der Waals surface area contributed by atoms with Crippen LogP contribution in [0.5, 0.6) is 5.88 Å². The van der Waals surface area contributed by atoms with Gasteiger partial charge in [0.15, 0.2) is 0 Å². The van der Waals surface area contributed by atoms with E-state index >= 15 is 0 Å². The van der Waals surface area contributed by atoms with E-state index in [1.165, 1.54) is 11.5 Å². The monoisotopic (exact) mass is 237 g/mol. The molecule has 2 aromatic heterocycles. The second-order valence-electron chi connectivity index (χ2n) is 3.07. The number of nitrogens with zero attached hydrogens (tertiary/aromatic N) is 4. The van der Waals surface area contributed by atoms with Crippen LogP contribution in [0.4, 0.5) is 5.13 Å². The standard InChI is InChI=1S/C9H11N5OS/c1-6-11-9(16-14-6)10-5-7-3-4-8(15-2)13-12-7/h3-4H,5H2,1-2H3,(H,10,11,14). The molecule has 0 aromatic carbocycles. The molecule has 7 heteroatoms. The molecule has 6 nitrogen and oxygen atoms in total. The molecule has 1 N–H and O–H groups in total. The number of anilines is 1. The van der Waals surface area contributed by atoms with Gasteiger partial charge in [-0.2, -0.15) is 9.47 Å². The van der Waals surface area contributed by atoms with Crippen LogP contribution in [-0.2, 0) is 6.54 Å². The number of ether oxygens (including phenoxy) is 1. The summed E-state index contributed by atoms with van der Waals surface area (Å²) in [5.41, 5.74) is 0.827. The van der Waals surface area contributed by atoms with Crippen molar-refractivity contribution in [2.75, 3.05) is 12.4 Å². The highest BCUT2D eigenvalue weighted by Gasteiger charge is 2.01. The van der Waals surface area contributed by atoms with Gasteiger partial charge in [0.25, 0.3) is 0 Å². The number of aromatic nitrogens is 4. The third-order valence-electron chi connectivity index (χ3n) is 1.85. The first-order valence-electron chi connectivity index (χ1n) is 4.68. The molecule has 84 valence electrons. The van der Waals surface area contributed by atoms with Crippen LogP contribution in [0.2, 0.25) is 0 Å². The van der Waals surface area contributed by atoms with Crippen molar-refractivity contribution in [1.29, 1.82) is 0 Å². The lowest BCUT2D eigenvalue weighted by atomic mass is 10.4. The second kappa shape index (κ2) is 4.84. The highest BCUT2D eigenvalue weighted by atomic mass is 32.1. The maximum atomic E-state index is 4.92. The molecule has 0 spiro atoms. The first-order valence-corrected chi connectivity index (χ1v) is 5.46.